The van der Waals surface area contributed by atoms with Crippen LogP contribution in [0.1, 0.15) is 13.3 Å². The Morgan fingerprint density at radius 3 is 2.79 bits per heavy atom. The molecule has 1 heterocycles. The lowest BCUT2D eigenvalue weighted by atomic mass is 10.1. The summed E-state index contributed by atoms with van der Waals surface area (Å²) in [5, 5.41) is 9.01. The summed E-state index contributed by atoms with van der Waals surface area (Å²) in [6.45, 7) is 5.68. The molecule has 0 aromatic carbocycles. The quantitative estimate of drug-likeness (QED) is 0.683. The standard InChI is InChI=1S/C10H20N4/c1-3-9(6-11)14-5-4-13(2)8-10(14)7-12/h9-10H,3-5,7-8,12H2,1-2H3. The van der Waals surface area contributed by atoms with Gasteiger partial charge >= 0.3 is 0 Å². The SMILES string of the molecule is CCC(C#N)N1CCN(C)CC1CN. The monoisotopic (exact) mass is 196 g/mol. The van der Waals surface area contributed by atoms with E-state index in [9.17, 15) is 0 Å². The summed E-state index contributed by atoms with van der Waals surface area (Å²) in [6.07, 6.45) is 0.886. The van der Waals surface area contributed by atoms with E-state index in [1.54, 1.807) is 0 Å². The van der Waals surface area contributed by atoms with Crippen LogP contribution in [0.15, 0.2) is 0 Å². The van der Waals surface area contributed by atoms with Crippen LogP contribution in [0.4, 0.5) is 0 Å². The first-order valence-corrected chi connectivity index (χ1v) is 5.26. The minimum Gasteiger partial charge on any atom is -0.329 e. The molecule has 2 atom stereocenters. The fourth-order valence-electron chi connectivity index (χ4n) is 2.04. The number of nitrogens with two attached hydrogens (primary N) is 1. The lowest BCUT2D eigenvalue weighted by Gasteiger charge is -2.41. The van der Waals surface area contributed by atoms with Crippen LogP contribution in [0.5, 0.6) is 0 Å². The molecule has 1 fully saturated rings. The predicted molar refractivity (Wildman–Crippen MR) is 56.7 cm³/mol. The maximum absolute atomic E-state index is 9.01. The second-order valence-corrected chi connectivity index (χ2v) is 3.94. The van der Waals surface area contributed by atoms with Crippen LogP contribution in [0.3, 0.4) is 0 Å². The van der Waals surface area contributed by atoms with Gasteiger partial charge < -0.3 is 10.6 Å². The molecule has 2 N–H and O–H groups in total. The molecule has 0 radical (unpaired) electrons. The molecule has 0 spiro atoms. The maximum Gasteiger partial charge on any atom is 0.0978 e. The van der Waals surface area contributed by atoms with Gasteiger partial charge in [-0.1, -0.05) is 6.92 Å². The van der Waals surface area contributed by atoms with E-state index in [4.69, 9.17) is 11.0 Å². The van der Waals surface area contributed by atoms with Crippen molar-refractivity contribution in [3.8, 4) is 6.07 Å². The van der Waals surface area contributed by atoms with E-state index < -0.39 is 0 Å². The van der Waals surface area contributed by atoms with Gasteiger partial charge in [0.15, 0.2) is 0 Å². The molecule has 0 bridgehead atoms. The Morgan fingerprint density at radius 2 is 2.29 bits per heavy atom. The van der Waals surface area contributed by atoms with Gasteiger partial charge in [-0.3, -0.25) is 4.90 Å². The van der Waals surface area contributed by atoms with E-state index >= 15 is 0 Å². The summed E-state index contributed by atoms with van der Waals surface area (Å²) in [7, 11) is 2.10. The highest BCUT2D eigenvalue weighted by atomic mass is 15.3. The Labute approximate surface area is 86.3 Å². The molecule has 4 heteroatoms. The number of piperazine rings is 1. The normalized spacial score (nSPS) is 27.1. The topological polar surface area (TPSA) is 56.3 Å². The van der Waals surface area contributed by atoms with E-state index in [1.165, 1.54) is 0 Å². The average molecular weight is 196 g/mol. The summed E-state index contributed by atoms with van der Waals surface area (Å²) in [5.74, 6) is 0. The van der Waals surface area contributed by atoms with E-state index in [-0.39, 0.29) is 6.04 Å². The molecule has 2 unspecified atom stereocenters. The van der Waals surface area contributed by atoms with Gasteiger partial charge in [0.2, 0.25) is 0 Å². The van der Waals surface area contributed by atoms with Crippen LogP contribution < -0.4 is 5.73 Å². The van der Waals surface area contributed by atoms with Crippen molar-refractivity contribution in [2.45, 2.75) is 25.4 Å². The van der Waals surface area contributed by atoms with Gasteiger partial charge in [0.05, 0.1) is 12.1 Å². The summed E-state index contributed by atoms with van der Waals surface area (Å²) in [4.78, 5) is 4.53. The predicted octanol–water partition coefficient (Wildman–Crippen LogP) is -0.137. The van der Waals surface area contributed by atoms with Crippen molar-refractivity contribution < 1.29 is 0 Å². The minimum atomic E-state index is 0.0391. The molecular weight excluding hydrogens is 176 g/mol. The van der Waals surface area contributed by atoms with Crippen molar-refractivity contribution >= 4 is 0 Å². The summed E-state index contributed by atoms with van der Waals surface area (Å²) < 4.78 is 0. The molecule has 1 rings (SSSR count). The van der Waals surface area contributed by atoms with Crippen molar-refractivity contribution in [2.24, 2.45) is 5.73 Å². The van der Waals surface area contributed by atoms with Gasteiger partial charge in [0.1, 0.15) is 0 Å². The van der Waals surface area contributed by atoms with Gasteiger partial charge in [-0.25, -0.2) is 0 Å². The van der Waals surface area contributed by atoms with Crippen molar-refractivity contribution in [1.29, 1.82) is 5.26 Å². The Hall–Kier alpha value is -0.630. The summed E-state index contributed by atoms with van der Waals surface area (Å²) in [5.41, 5.74) is 5.73. The highest BCUT2D eigenvalue weighted by molar-refractivity contribution is 4.96. The first kappa shape index (κ1) is 11.4. The maximum atomic E-state index is 9.01. The van der Waals surface area contributed by atoms with Crippen molar-refractivity contribution in [3.63, 3.8) is 0 Å². The zero-order valence-electron chi connectivity index (χ0n) is 9.11. The number of likely N-dealkylation sites (N-methyl/N-ethyl adjacent to an activating group) is 1. The van der Waals surface area contributed by atoms with Gasteiger partial charge in [-0.15, -0.1) is 0 Å². The van der Waals surface area contributed by atoms with Crippen LogP contribution in [0.2, 0.25) is 0 Å². The van der Waals surface area contributed by atoms with Crippen molar-refractivity contribution in [3.05, 3.63) is 0 Å². The Morgan fingerprint density at radius 1 is 1.57 bits per heavy atom. The minimum absolute atomic E-state index is 0.0391. The number of hydrogen-bond donors (Lipinski definition) is 1. The highest BCUT2D eigenvalue weighted by Gasteiger charge is 2.28. The van der Waals surface area contributed by atoms with Crippen LogP contribution in [0, 0.1) is 11.3 Å². The average Bonchev–Trinajstić information content (AvgIpc) is 2.21. The highest BCUT2D eigenvalue weighted by Crippen LogP contribution is 2.13. The van der Waals surface area contributed by atoms with Crippen molar-refractivity contribution in [1.82, 2.24) is 9.80 Å². The lowest BCUT2D eigenvalue weighted by Crippen LogP contribution is -2.57. The zero-order valence-corrected chi connectivity index (χ0v) is 9.11. The fourth-order valence-corrected chi connectivity index (χ4v) is 2.04. The number of nitrogens with zero attached hydrogens (tertiary/aromatic N) is 3. The molecule has 4 nitrogen and oxygen atoms in total. The third-order valence-corrected chi connectivity index (χ3v) is 2.94. The number of rotatable bonds is 3. The molecule has 0 aromatic heterocycles. The summed E-state index contributed by atoms with van der Waals surface area (Å²) >= 11 is 0. The summed E-state index contributed by atoms with van der Waals surface area (Å²) in [6, 6.07) is 2.74. The van der Waals surface area contributed by atoms with Crippen LogP contribution in [-0.2, 0) is 0 Å². The van der Waals surface area contributed by atoms with Gasteiger partial charge in [-0.2, -0.15) is 5.26 Å². The molecule has 0 saturated carbocycles. The van der Waals surface area contributed by atoms with E-state index in [2.05, 4.69) is 29.8 Å². The molecule has 0 amide bonds. The van der Waals surface area contributed by atoms with Crippen LogP contribution >= 0.6 is 0 Å². The zero-order chi connectivity index (χ0) is 10.6. The molecule has 0 aromatic rings. The molecule has 0 aliphatic carbocycles. The van der Waals surface area contributed by atoms with E-state index in [1.807, 2.05) is 0 Å². The molecule has 1 aliphatic heterocycles. The Kier molecular flexibility index (Phi) is 4.33. The Balaban J connectivity index is 2.62. The number of hydrogen-bond acceptors (Lipinski definition) is 4. The van der Waals surface area contributed by atoms with Crippen LogP contribution in [0.25, 0.3) is 0 Å². The molecule has 14 heavy (non-hydrogen) atoms. The van der Waals surface area contributed by atoms with Gasteiger partial charge in [0, 0.05) is 32.2 Å². The van der Waals surface area contributed by atoms with E-state index in [0.29, 0.717) is 12.6 Å². The van der Waals surface area contributed by atoms with E-state index in [0.717, 1.165) is 26.1 Å². The Bertz CT molecular complexity index is 211. The first-order chi connectivity index (χ1) is 6.72. The molecule has 1 saturated heterocycles. The number of nitriles is 1. The fraction of sp³-hybridized carbons (Fsp3) is 0.900. The first-order valence-electron chi connectivity index (χ1n) is 5.26. The lowest BCUT2D eigenvalue weighted by molar-refractivity contribution is 0.0731. The van der Waals surface area contributed by atoms with Gasteiger partial charge in [0.25, 0.3) is 0 Å². The van der Waals surface area contributed by atoms with Gasteiger partial charge in [-0.05, 0) is 13.5 Å². The molecule has 80 valence electrons. The molecule has 1 aliphatic rings. The second-order valence-electron chi connectivity index (χ2n) is 3.94. The van der Waals surface area contributed by atoms with Crippen LogP contribution in [-0.4, -0.2) is 55.1 Å². The third-order valence-electron chi connectivity index (χ3n) is 2.94. The second kappa shape index (κ2) is 5.30. The molecular formula is C10H20N4. The van der Waals surface area contributed by atoms with Crippen molar-refractivity contribution in [2.75, 3.05) is 33.2 Å². The largest absolute Gasteiger partial charge is 0.329 e. The third kappa shape index (κ3) is 2.44. The smallest absolute Gasteiger partial charge is 0.0978 e.